The summed E-state index contributed by atoms with van der Waals surface area (Å²) in [4.78, 5) is 20.7. The molecule has 0 bridgehead atoms. The van der Waals surface area contributed by atoms with Gasteiger partial charge < -0.3 is 19.8 Å². The number of hydrogen-bond donors (Lipinski definition) is 1. The van der Waals surface area contributed by atoms with E-state index in [9.17, 15) is 5.11 Å². The highest BCUT2D eigenvalue weighted by Gasteiger charge is 2.24. The molecular formula is C19H22N6OS. The zero-order chi connectivity index (χ0) is 18.2. The zero-order valence-electron chi connectivity index (χ0n) is 15.0. The van der Waals surface area contributed by atoms with Crippen LogP contribution < -0.4 is 14.7 Å². The minimum atomic E-state index is -0.249. The van der Waals surface area contributed by atoms with E-state index in [1.807, 2.05) is 18.3 Å². The number of aliphatic hydroxyl groups excluding tert-OH is 1. The molecule has 0 aliphatic carbocycles. The molecule has 0 radical (unpaired) electrons. The summed E-state index contributed by atoms with van der Waals surface area (Å²) in [6, 6.07) is 10.2. The first-order valence-corrected chi connectivity index (χ1v) is 10.2. The number of aliphatic hydroxyl groups is 1. The van der Waals surface area contributed by atoms with Gasteiger partial charge in [-0.1, -0.05) is 23.5 Å². The summed E-state index contributed by atoms with van der Waals surface area (Å²) in [6.07, 6.45) is 2.38. The summed E-state index contributed by atoms with van der Waals surface area (Å²) in [5.74, 6) is 1.68. The van der Waals surface area contributed by atoms with Crippen LogP contribution in [0.5, 0.6) is 0 Å². The van der Waals surface area contributed by atoms with Crippen LogP contribution in [0.2, 0.25) is 0 Å². The van der Waals surface area contributed by atoms with E-state index >= 15 is 0 Å². The second-order valence-electron chi connectivity index (χ2n) is 7.04. The predicted octanol–water partition coefficient (Wildman–Crippen LogP) is 1.98. The minimum absolute atomic E-state index is 0.249. The van der Waals surface area contributed by atoms with Crippen LogP contribution in [-0.4, -0.2) is 65.4 Å². The van der Waals surface area contributed by atoms with E-state index in [2.05, 4.69) is 37.9 Å². The molecule has 1 N–H and O–H groups in total. The molecule has 1 aromatic carbocycles. The molecule has 2 fully saturated rings. The van der Waals surface area contributed by atoms with Gasteiger partial charge in [0.1, 0.15) is 5.82 Å². The lowest BCUT2D eigenvalue weighted by molar-refractivity contribution is 0.198. The lowest BCUT2D eigenvalue weighted by Gasteiger charge is -2.34. The van der Waals surface area contributed by atoms with E-state index in [1.54, 1.807) is 11.3 Å². The maximum Gasteiger partial charge on any atom is 0.227 e. The number of piperazine rings is 1. The van der Waals surface area contributed by atoms with Crippen LogP contribution in [0.3, 0.4) is 0 Å². The molecule has 140 valence electrons. The Kier molecular flexibility index (Phi) is 4.29. The first-order chi connectivity index (χ1) is 13.3. The van der Waals surface area contributed by atoms with Gasteiger partial charge in [-0.25, -0.2) is 9.97 Å². The van der Waals surface area contributed by atoms with Crippen molar-refractivity contribution in [3.05, 3.63) is 36.5 Å². The van der Waals surface area contributed by atoms with Gasteiger partial charge in [0.15, 0.2) is 5.13 Å². The van der Waals surface area contributed by atoms with Gasteiger partial charge in [-0.2, -0.15) is 4.98 Å². The molecule has 27 heavy (non-hydrogen) atoms. The third-order valence-electron chi connectivity index (χ3n) is 5.23. The third-order valence-corrected chi connectivity index (χ3v) is 6.33. The van der Waals surface area contributed by atoms with E-state index < -0.39 is 0 Å². The topological polar surface area (TPSA) is 68.6 Å². The van der Waals surface area contributed by atoms with E-state index in [-0.39, 0.29) is 6.10 Å². The zero-order valence-corrected chi connectivity index (χ0v) is 15.8. The molecule has 0 unspecified atom stereocenters. The summed E-state index contributed by atoms with van der Waals surface area (Å²) < 4.78 is 1.23. The number of para-hydroxylation sites is 1. The molecule has 5 rings (SSSR count). The van der Waals surface area contributed by atoms with Gasteiger partial charge in [-0.3, -0.25) is 0 Å². The second-order valence-corrected chi connectivity index (χ2v) is 8.05. The Morgan fingerprint density at radius 1 is 0.926 bits per heavy atom. The highest BCUT2D eigenvalue weighted by molar-refractivity contribution is 7.22. The molecule has 2 aromatic heterocycles. The normalized spacial score (nSPS) is 20.6. The minimum Gasteiger partial charge on any atom is -0.391 e. The number of nitrogens with zero attached hydrogens (tertiary/aromatic N) is 6. The monoisotopic (exact) mass is 382 g/mol. The van der Waals surface area contributed by atoms with Crippen LogP contribution in [0.1, 0.15) is 6.42 Å². The Balaban J connectivity index is 1.27. The van der Waals surface area contributed by atoms with Crippen molar-refractivity contribution in [3.8, 4) is 0 Å². The number of thiazole rings is 1. The average Bonchev–Trinajstić information content (AvgIpc) is 3.34. The molecule has 8 heteroatoms. The number of anilines is 3. The molecule has 7 nitrogen and oxygen atoms in total. The van der Waals surface area contributed by atoms with Gasteiger partial charge in [-0.15, -0.1) is 0 Å². The first-order valence-electron chi connectivity index (χ1n) is 9.38. The van der Waals surface area contributed by atoms with Crippen molar-refractivity contribution in [1.29, 1.82) is 0 Å². The van der Waals surface area contributed by atoms with Crippen molar-refractivity contribution in [3.63, 3.8) is 0 Å². The number of benzene rings is 1. The number of aromatic nitrogens is 3. The Labute approximate surface area is 161 Å². The SMILES string of the molecule is O[C@@H]1CCN(c2ccnc(N3CCN(c4nc5ccccc5s4)CC3)n2)C1. The number of β-amino-alcohol motifs (C(OH)–C–C–N with tert-alkyl or cyclic N) is 1. The Bertz CT molecular complexity index is 906. The molecule has 2 aliphatic rings. The summed E-state index contributed by atoms with van der Waals surface area (Å²) in [5, 5.41) is 10.9. The predicted molar refractivity (Wildman–Crippen MR) is 109 cm³/mol. The quantitative estimate of drug-likeness (QED) is 0.743. The number of hydrogen-bond acceptors (Lipinski definition) is 8. The van der Waals surface area contributed by atoms with E-state index in [4.69, 9.17) is 9.97 Å². The maximum absolute atomic E-state index is 9.76. The Morgan fingerprint density at radius 3 is 2.52 bits per heavy atom. The van der Waals surface area contributed by atoms with Crippen LogP contribution in [0.25, 0.3) is 10.2 Å². The van der Waals surface area contributed by atoms with Gasteiger partial charge in [-0.05, 0) is 24.6 Å². The Morgan fingerprint density at radius 2 is 1.74 bits per heavy atom. The standard InChI is InChI=1S/C19H22N6OS/c26-14-6-8-25(13-14)17-5-7-20-18(22-17)23-9-11-24(12-10-23)19-21-15-3-1-2-4-16(15)27-19/h1-5,7,14,26H,6,8-13H2/t14-/m1/s1. The van der Waals surface area contributed by atoms with Crippen molar-refractivity contribution in [2.24, 2.45) is 0 Å². The fourth-order valence-corrected chi connectivity index (χ4v) is 4.73. The maximum atomic E-state index is 9.76. The molecule has 0 amide bonds. The molecule has 2 aliphatic heterocycles. The highest BCUT2D eigenvalue weighted by Crippen LogP contribution is 2.29. The molecule has 3 aromatic rings. The molecule has 0 spiro atoms. The number of fused-ring (bicyclic) bond motifs is 1. The van der Waals surface area contributed by atoms with Gasteiger partial charge in [0.05, 0.1) is 16.3 Å². The van der Waals surface area contributed by atoms with Gasteiger partial charge in [0.25, 0.3) is 0 Å². The summed E-state index contributed by atoms with van der Waals surface area (Å²) >= 11 is 1.75. The molecular weight excluding hydrogens is 360 g/mol. The summed E-state index contributed by atoms with van der Waals surface area (Å²) in [7, 11) is 0. The fraction of sp³-hybridized carbons (Fsp3) is 0.421. The lowest BCUT2D eigenvalue weighted by atomic mass is 10.3. The van der Waals surface area contributed by atoms with Crippen LogP contribution in [0.15, 0.2) is 36.5 Å². The van der Waals surface area contributed by atoms with E-state index in [0.29, 0.717) is 6.54 Å². The van der Waals surface area contributed by atoms with E-state index in [0.717, 1.165) is 61.6 Å². The highest BCUT2D eigenvalue weighted by atomic mass is 32.1. The van der Waals surface area contributed by atoms with Gasteiger partial charge in [0, 0.05) is 45.5 Å². The lowest BCUT2D eigenvalue weighted by Crippen LogP contribution is -2.47. The van der Waals surface area contributed by atoms with Crippen LogP contribution in [-0.2, 0) is 0 Å². The largest absolute Gasteiger partial charge is 0.391 e. The van der Waals surface area contributed by atoms with Crippen molar-refractivity contribution < 1.29 is 5.11 Å². The number of rotatable bonds is 3. The van der Waals surface area contributed by atoms with E-state index in [1.165, 1.54) is 4.70 Å². The van der Waals surface area contributed by atoms with Crippen molar-refractivity contribution in [2.45, 2.75) is 12.5 Å². The molecule has 0 saturated carbocycles. The molecule has 4 heterocycles. The first kappa shape index (κ1) is 16.7. The smallest absolute Gasteiger partial charge is 0.227 e. The van der Waals surface area contributed by atoms with Gasteiger partial charge in [0.2, 0.25) is 5.95 Å². The molecule has 1 atom stereocenters. The second kappa shape index (κ2) is 6.94. The van der Waals surface area contributed by atoms with Crippen molar-refractivity contribution in [2.75, 3.05) is 54.0 Å². The van der Waals surface area contributed by atoms with Crippen LogP contribution in [0, 0.1) is 0 Å². The summed E-state index contributed by atoms with van der Waals surface area (Å²) in [6.45, 7) is 5.08. The fourth-order valence-electron chi connectivity index (χ4n) is 3.71. The van der Waals surface area contributed by atoms with Crippen molar-refractivity contribution in [1.82, 2.24) is 15.0 Å². The van der Waals surface area contributed by atoms with Crippen molar-refractivity contribution >= 4 is 38.5 Å². The molecule has 2 saturated heterocycles. The third kappa shape index (κ3) is 3.30. The van der Waals surface area contributed by atoms with Crippen LogP contribution in [0.4, 0.5) is 16.9 Å². The average molecular weight is 382 g/mol. The Hall–Kier alpha value is -2.45. The summed E-state index contributed by atoms with van der Waals surface area (Å²) in [5.41, 5.74) is 1.07. The van der Waals surface area contributed by atoms with Crippen LogP contribution >= 0.6 is 11.3 Å². The van der Waals surface area contributed by atoms with Gasteiger partial charge >= 0.3 is 0 Å².